The van der Waals surface area contributed by atoms with Gasteiger partial charge in [-0.3, -0.25) is 19.2 Å². The molecular weight excluding hydrogens is 600 g/mol. The van der Waals surface area contributed by atoms with E-state index in [1.807, 2.05) is 33.8 Å². The van der Waals surface area contributed by atoms with Gasteiger partial charge in [0.1, 0.15) is 18.1 Å². The van der Waals surface area contributed by atoms with Crippen molar-refractivity contribution in [1.29, 1.82) is 5.26 Å². The average Bonchev–Trinajstić information content (AvgIpc) is 3.14. The zero-order valence-electron chi connectivity index (χ0n) is 25.0. The van der Waals surface area contributed by atoms with Crippen molar-refractivity contribution in [3.05, 3.63) is 0 Å². The van der Waals surface area contributed by atoms with Crippen LogP contribution in [0.1, 0.15) is 66.7 Å². The number of nitrogens with zero attached hydrogens (tertiary/aromatic N) is 2. The summed E-state index contributed by atoms with van der Waals surface area (Å²) in [6.45, 7) is 8.14. The van der Waals surface area contributed by atoms with Gasteiger partial charge in [-0.25, -0.2) is 0 Å². The number of rotatable bonds is 9. The van der Waals surface area contributed by atoms with E-state index in [4.69, 9.17) is 4.74 Å². The number of nitrogens with one attached hydrogen (secondary N) is 3. The Morgan fingerprint density at radius 2 is 1.73 bits per heavy atom. The maximum absolute atomic E-state index is 13.8. The van der Waals surface area contributed by atoms with Crippen molar-refractivity contribution in [2.45, 2.75) is 114 Å². The second kappa shape index (κ2) is 11.1. The highest BCUT2D eigenvalue weighted by Gasteiger charge is 2.70. The van der Waals surface area contributed by atoms with E-state index in [1.54, 1.807) is 0 Å². The first-order chi connectivity index (χ1) is 20.0. The standard InChI is InChI=1S/C28H37F6N5O5/c1-13(44-26(7-6-8-26)28(32,33)34)18(37-23(43)27(29,30)31)22(42)39-12-16-17(25(16,4)5)19(39)21(41)36-15(11-35)9-14-10-24(2,3)38-20(14)40/h13-19H,6-10,12H2,1-5H3,(H,36,41)(H,37,43)(H,38,40)/t13-,14-,15+,16+,17+,18+,19+/m1/s1. The lowest BCUT2D eigenvalue weighted by atomic mass is 9.79. The van der Waals surface area contributed by atoms with Crippen molar-refractivity contribution in [2.24, 2.45) is 23.2 Å². The maximum Gasteiger partial charge on any atom is 0.471 e. The molecule has 2 saturated heterocycles. The van der Waals surface area contributed by atoms with Crippen LogP contribution in [0, 0.1) is 34.5 Å². The van der Waals surface area contributed by atoms with E-state index < -0.39 is 95.5 Å². The molecule has 0 unspecified atom stereocenters. The number of hydrogen-bond acceptors (Lipinski definition) is 6. The Bertz CT molecular complexity index is 1240. The number of fused-ring (bicyclic) bond motifs is 1. The summed E-state index contributed by atoms with van der Waals surface area (Å²) in [6.07, 6.45) is -12.6. The van der Waals surface area contributed by atoms with Crippen molar-refractivity contribution in [1.82, 2.24) is 20.9 Å². The van der Waals surface area contributed by atoms with Gasteiger partial charge in [0, 0.05) is 18.0 Å². The molecular formula is C28H37F6N5O5. The largest absolute Gasteiger partial charge is 0.471 e. The van der Waals surface area contributed by atoms with Gasteiger partial charge in [0.2, 0.25) is 17.7 Å². The number of likely N-dealkylation sites (tertiary alicyclic amines) is 1. The number of nitriles is 1. The molecule has 4 amide bonds. The normalized spacial score (nSPS) is 30.1. The van der Waals surface area contributed by atoms with Crippen LogP contribution in [0.5, 0.6) is 0 Å². The summed E-state index contributed by atoms with van der Waals surface area (Å²) in [6, 6.07) is -2.69. The van der Waals surface area contributed by atoms with Gasteiger partial charge in [0.15, 0.2) is 5.60 Å². The molecule has 2 aliphatic carbocycles. The summed E-state index contributed by atoms with van der Waals surface area (Å²) in [5, 5.41) is 16.6. The predicted octanol–water partition coefficient (Wildman–Crippen LogP) is 2.72. The highest BCUT2D eigenvalue weighted by atomic mass is 19.4. The molecule has 3 N–H and O–H groups in total. The maximum atomic E-state index is 13.8. The fourth-order valence-corrected chi connectivity index (χ4v) is 7.06. The van der Waals surface area contributed by atoms with Crippen molar-refractivity contribution in [3.8, 4) is 6.07 Å². The number of halogens is 6. The van der Waals surface area contributed by atoms with Crippen molar-refractivity contribution in [2.75, 3.05) is 6.54 Å². The number of carbonyl (C=O) groups excluding carboxylic acids is 4. The van der Waals surface area contributed by atoms with Crippen LogP contribution in [0.3, 0.4) is 0 Å². The van der Waals surface area contributed by atoms with Gasteiger partial charge in [-0.05, 0) is 70.1 Å². The molecule has 0 spiro atoms. The molecule has 10 nitrogen and oxygen atoms in total. The van der Waals surface area contributed by atoms with E-state index in [-0.39, 0.29) is 31.2 Å². The number of amides is 4. The van der Waals surface area contributed by atoms with Crippen LogP contribution < -0.4 is 16.0 Å². The number of hydrogen-bond donors (Lipinski definition) is 3. The van der Waals surface area contributed by atoms with Crippen LogP contribution in [0.4, 0.5) is 26.3 Å². The molecule has 4 rings (SSSR count). The van der Waals surface area contributed by atoms with Gasteiger partial charge in [0.05, 0.1) is 12.2 Å². The third-order valence-corrected chi connectivity index (χ3v) is 9.71. The summed E-state index contributed by atoms with van der Waals surface area (Å²) in [5.74, 6) is -6.15. The molecule has 0 aromatic carbocycles. The van der Waals surface area contributed by atoms with Crippen molar-refractivity contribution >= 4 is 23.6 Å². The molecule has 0 aromatic rings. The van der Waals surface area contributed by atoms with Crippen molar-refractivity contribution in [3.63, 3.8) is 0 Å². The van der Waals surface area contributed by atoms with Gasteiger partial charge in [-0.1, -0.05) is 13.8 Å². The van der Waals surface area contributed by atoms with E-state index in [9.17, 15) is 50.8 Å². The van der Waals surface area contributed by atoms with E-state index in [2.05, 4.69) is 10.6 Å². The van der Waals surface area contributed by atoms with Gasteiger partial charge in [0.25, 0.3) is 0 Å². The van der Waals surface area contributed by atoms with Gasteiger partial charge in [-0.2, -0.15) is 31.6 Å². The monoisotopic (exact) mass is 637 g/mol. The van der Waals surface area contributed by atoms with Crippen LogP contribution in [-0.2, 0) is 23.9 Å². The Morgan fingerprint density at radius 3 is 2.18 bits per heavy atom. The van der Waals surface area contributed by atoms with Gasteiger partial charge < -0.3 is 25.6 Å². The van der Waals surface area contributed by atoms with Crippen LogP contribution in [0.25, 0.3) is 0 Å². The van der Waals surface area contributed by atoms with Crippen molar-refractivity contribution < 1.29 is 50.3 Å². The topological polar surface area (TPSA) is 141 Å². The molecule has 16 heteroatoms. The second-order valence-electron chi connectivity index (χ2n) is 13.7. The summed E-state index contributed by atoms with van der Waals surface area (Å²) in [5.41, 5.74) is -3.65. The summed E-state index contributed by atoms with van der Waals surface area (Å²) in [4.78, 5) is 52.7. The highest BCUT2D eigenvalue weighted by molar-refractivity contribution is 5.95. The molecule has 44 heavy (non-hydrogen) atoms. The van der Waals surface area contributed by atoms with E-state index in [0.717, 1.165) is 11.8 Å². The zero-order valence-corrected chi connectivity index (χ0v) is 25.0. The van der Waals surface area contributed by atoms with Crippen LogP contribution >= 0.6 is 0 Å². The lowest BCUT2D eigenvalue weighted by Crippen LogP contribution is -2.63. The second-order valence-corrected chi connectivity index (χ2v) is 13.7. The molecule has 7 atom stereocenters. The van der Waals surface area contributed by atoms with Gasteiger partial charge in [-0.15, -0.1) is 0 Å². The fourth-order valence-electron chi connectivity index (χ4n) is 7.06. The van der Waals surface area contributed by atoms with E-state index in [0.29, 0.717) is 6.42 Å². The molecule has 0 bridgehead atoms. The summed E-state index contributed by atoms with van der Waals surface area (Å²) in [7, 11) is 0. The molecule has 246 valence electrons. The minimum atomic E-state index is -5.45. The third-order valence-electron chi connectivity index (χ3n) is 9.71. The predicted molar refractivity (Wildman–Crippen MR) is 140 cm³/mol. The highest BCUT2D eigenvalue weighted by Crippen LogP contribution is 2.65. The summed E-state index contributed by atoms with van der Waals surface area (Å²) < 4.78 is 86.4. The molecule has 0 aromatic heterocycles. The first-order valence-corrected chi connectivity index (χ1v) is 14.5. The Kier molecular flexibility index (Phi) is 8.50. The molecule has 4 fully saturated rings. The Morgan fingerprint density at radius 1 is 1.11 bits per heavy atom. The Balaban J connectivity index is 1.57. The minimum absolute atomic E-state index is 0.0235. The van der Waals surface area contributed by atoms with Crippen LogP contribution in [0.15, 0.2) is 0 Å². The molecule has 2 aliphatic heterocycles. The van der Waals surface area contributed by atoms with E-state index in [1.165, 1.54) is 5.32 Å². The number of ether oxygens (including phenoxy) is 1. The quantitative estimate of drug-likeness (QED) is 0.332. The molecule has 2 saturated carbocycles. The fraction of sp³-hybridized carbons (Fsp3) is 0.821. The van der Waals surface area contributed by atoms with Gasteiger partial charge >= 0.3 is 18.3 Å². The zero-order chi connectivity index (χ0) is 33.2. The number of carbonyl (C=O) groups is 4. The van der Waals surface area contributed by atoms with E-state index >= 15 is 0 Å². The Labute approximate surface area is 250 Å². The Hall–Kier alpha value is -3.09. The lowest BCUT2D eigenvalue weighted by Gasteiger charge is -2.45. The smallest absolute Gasteiger partial charge is 0.360 e. The molecule has 2 heterocycles. The first kappa shape index (κ1) is 33.8. The minimum Gasteiger partial charge on any atom is -0.360 e. The summed E-state index contributed by atoms with van der Waals surface area (Å²) >= 11 is 0. The molecule has 4 aliphatic rings. The van der Waals surface area contributed by atoms with Crippen LogP contribution in [0.2, 0.25) is 0 Å². The average molecular weight is 638 g/mol. The number of alkyl halides is 6. The number of piperidine rings is 1. The lowest BCUT2D eigenvalue weighted by molar-refractivity contribution is -0.317. The SMILES string of the molecule is C[C@@H](OC1(C(F)(F)F)CCC1)[C@H](NC(=O)C(F)(F)F)C(=O)N1C[C@H]2[C@@H]([C@H]1C(=O)N[C@H](C#N)C[C@@H]1CC(C)(C)NC1=O)C2(C)C. The third kappa shape index (κ3) is 6.21. The van der Waals surface area contributed by atoms with Crippen LogP contribution in [-0.4, -0.2) is 82.8 Å². The first-order valence-electron chi connectivity index (χ1n) is 14.5. The molecule has 0 radical (unpaired) electrons.